The molecule has 2 aromatic rings. The molecule has 0 aliphatic heterocycles. The van der Waals surface area contributed by atoms with Gasteiger partial charge in [0.2, 0.25) is 0 Å². The molecular formula is C12H11ClN2O2S. The van der Waals surface area contributed by atoms with Crippen molar-refractivity contribution >= 4 is 34.6 Å². The largest absolute Gasteiger partial charge is 0.476 e. The van der Waals surface area contributed by atoms with Gasteiger partial charge in [-0.3, -0.25) is 0 Å². The molecule has 0 radical (unpaired) electrons. The van der Waals surface area contributed by atoms with Crippen molar-refractivity contribution in [3.63, 3.8) is 0 Å². The van der Waals surface area contributed by atoms with Gasteiger partial charge in [0.05, 0.1) is 16.6 Å². The van der Waals surface area contributed by atoms with E-state index in [2.05, 4.69) is 4.98 Å². The van der Waals surface area contributed by atoms with Crippen LogP contribution in [0.3, 0.4) is 0 Å². The number of hydrogen-bond donors (Lipinski definition) is 1. The lowest BCUT2D eigenvalue weighted by molar-refractivity contribution is 0.0691. The zero-order chi connectivity index (χ0) is 13.1. The summed E-state index contributed by atoms with van der Waals surface area (Å²) in [6.45, 7) is 0.601. The smallest absolute Gasteiger partial charge is 0.356 e. The Hall–Kier alpha value is -1.59. The second-order valence-corrected chi connectivity index (χ2v) is 5.54. The summed E-state index contributed by atoms with van der Waals surface area (Å²) in [6, 6.07) is 7.22. The highest BCUT2D eigenvalue weighted by Crippen LogP contribution is 2.25. The maximum Gasteiger partial charge on any atom is 0.356 e. The minimum absolute atomic E-state index is 0.0580. The third kappa shape index (κ3) is 2.80. The maximum atomic E-state index is 11.1. The number of rotatable bonds is 4. The average molecular weight is 283 g/mol. The van der Waals surface area contributed by atoms with Crippen LogP contribution in [-0.2, 0) is 6.54 Å². The first-order valence-electron chi connectivity index (χ1n) is 5.21. The molecule has 0 aliphatic rings. The van der Waals surface area contributed by atoms with Crippen LogP contribution >= 0.6 is 22.9 Å². The molecule has 0 aromatic carbocycles. The van der Waals surface area contributed by atoms with Gasteiger partial charge in [-0.2, -0.15) is 0 Å². The van der Waals surface area contributed by atoms with E-state index < -0.39 is 5.97 Å². The summed E-state index contributed by atoms with van der Waals surface area (Å²) in [7, 11) is 1.83. The van der Waals surface area contributed by atoms with E-state index in [0.717, 1.165) is 9.21 Å². The molecule has 18 heavy (non-hydrogen) atoms. The Morgan fingerprint density at radius 1 is 1.50 bits per heavy atom. The highest BCUT2D eigenvalue weighted by atomic mass is 35.5. The predicted molar refractivity (Wildman–Crippen MR) is 72.6 cm³/mol. The number of halogens is 1. The SMILES string of the molecule is CN(Cc1ccc(Cl)s1)c1cccnc1C(=O)O. The van der Waals surface area contributed by atoms with Gasteiger partial charge in [0.1, 0.15) is 0 Å². The van der Waals surface area contributed by atoms with Gasteiger partial charge in [0, 0.05) is 18.1 Å². The zero-order valence-electron chi connectivity index (χ0n) is 9.63. The average Bonchev–Trinajstić information content (AvgIpc) is 2.74. The number of carboxylic acids is 1. The minimum Gasteiger partial charge on any atom is -0.476 e. The number of hydrogen-bond acceptors (Lipinski definition) is 4. The van der Waals surface area contributed by atoms with Gasteiger partial charge in [0.15, 0.2) is 5.69 Å². The van der Waals surface area contributed by atoms with Crippen molar-refractivity contribution in [1.82, 2.24) is 4.98 Å². The standard InChI is InChI=1S/C12H11ClN2O2S/c1-15(7-8-4-5-10(13)18-8)9-3-2-6-14-11(9)12(16)17/h2-6H,7H2,1H3,(H,16,17). The van der Waals surface area contributed by atoms with Crippen LogP contribution in [0, 0.1) is 0 Å². The van der Waals surface area contributed by atoms with E-state index in [4.69, 9.17) is 16.7 Å². The van der Waals surface area contributed by atoms with Crippen LogP contribution in [0.15, 0.2) is 30.5 Å². The number of anilines is 1. The van der Waals surface area contributed by atoms with E-state index in [1.165, 1.54) is 17.5 Å². The summed E-state index contributed by atoms with van der Waals surface area (Å²) in [5, 5.41) is 9.08. The second kappa shape index (κ2) is 5.37. The Labute approximate surface area is 113 Å². The first kappa shape index (κ1) is 12.9. The fraction of sp³-hybridized carbons (Fsp3) is 0.167. The van der Waals surface area contributed by atoms with Crippen LogP contribution in [0.1, 0.15) is 15.4 Å². The molecule has 0 aliphatic carbocycles. The molecule has 2 aromatic heterocycles. The van der Waals surface area contributed by atoms with Gasteiger partial charge >= 0.3 is 5.97 Å². The summed E-state index contributed by atoms with van der Waals surface area (Å²) in [5.74, 6) is -1.03. The van der Waals surface area contributed by atoms with Gasteiger partial charge < -0.3 is 10.0 Å². The van der Waals surface area contributed by atoms with Gasteiger partial charge in [-0.15, -0.1) is 11.3 Å². The molecule has 0 saturated carbocycles. The Balaban J connectivity index is 2.23. The topological polar surface area (TPSA) is 53.4 Å². The van der Waals surface area contributed by atoms with E-state index in [1.54, 1.807) is 12.1 Å². The summed E-state index contributed by atoms with van der Waals surface area (Å²) in [4.78, 5) is 17.9. The van der Waals surface area contributed by atoms with Gasteiger partial charge in [-0.05, 0) is 24.3 Å². The lowest BCUT2D eigenvalue weighted by atomic mass is 10.2. The summed E-state index contributed by atoms with van der Waals surface area (Å²) in [5.41, 5.74) is 0.650. The molecule has 2 heterocycles. The molecule has 4 nitrogen and oxygen atoms in total. The number of nitrogens with zero attached hydrogens (tertiary/aromatic N) is 2. The van der Waals surface area contributed by atoms with E-state index in [0.29, 0.717) is 12.2 Å². The van der Waals surface area contributed by atoms with Crippen molar-refractivity contribution in [2.45, 2.75) is 6.54 Å². The van der Waals surface area contributed by atoms with Crippen molar-refractivity contribution in [2.75, 3.05) is 11.9 Å². The van der Waals surface area contributed by atoms with Gasteiger partial charge in [-0.1, -0.05) is 11.6 Å². The molecule has 0 atom stereocenters. The molecule has 0 saturated heterocycles. The number of thiophene rings is 1. The van der Waals surface area contributed by atoms with Gasteiger partial charge in [0.25, 0.3) is 0 Å². The summed E-state index contributed by atoms with van der Waals surface area (Å²) < 4.78 is 0.725. The van der Waals surface area contributed by atoms with Crippen molar-refractivity contribution in [2.24, 2.45) is 0 Å². The van der Waals surface area contributed by atoms with Crippen LogP contribution in [0.2, 0.25) is 4.34 Å². The van der Waals surface area contributed by atoms with Gasteiger partial charge in [-0.25, -0.2) is 9.78 Å². The predicted octanol–water partition coefficient (Wildman–Crippen LogP) is 3.13. The normalized spacial score (nSPS) is 10.3. The third-order valence-corrected chi connectivity index (χ3v) is 3.64. The van der Waals surface area contributed by atoms with E-state index >= 15 is 0 Å². The molecule has 1 N–H and O–H groups in total. The maximum absolute atomic E-state index is 11.1. The fourth-order valence-electron chi connectivity index (χ4n) is 1.63. The lowest BCUT2D eigenvalue weighted by Crippen LogP contribution is -2.19. The van der Waals surface area contributed by atoms with Crippen molar-refractivity contribution < 1.29 is 9.90 Å². The molecule has 94 valence electrons. The Kier molecular flexibility index (Phi) is 3.84. The second-order valence-electron chi connectivity index (χ2n) is 3.74. The Morgan fingerprint density at radius 2 is 2.28 bits per heavy atom. The number of pyridine rings is 1. The van der Waals surface area contributed by atoms with E-state index in [9.17, 15) is 4.79 Å². The monoisotopic (exact) mass is 282 g/mol. The molecule has 2 rings (SSSR count). The summed E-state index contributed by atoms with van der Waals surface area (Å²) in [6.07, 6.45) is 1.48. The van der Waals surface area contributed by atoms with Crippen LogP contribution in [0.5, 0.6) is 0 Å². The fourth-order valence-corrected chi connectivity index (χ4v) is 2.77. The molecular weight excluding hydrogens is 272 g/mol. The van der Waals surface area contributed by atoms with E-state index in [1.807, 2.05) is 24.1 Å². The van der Waals surface area contributed by atoms with Crippen molar-refractivity contribution in [3.8, 4) is 0 Å². The molecule has 6 heteroatoms. The Bertz CT molecular complexity index is 571. The van der Waals surface area contributed by atoms with Crippen LogP contribution in [0.25, 0.3) is 0 Å². The van der Waals surface area contributed by atoms with E-state index in [-0.39, 0.29) is 5.69 Å². The number of carboxylic acid groups (broad SMARTS) is 1. The molecule has 0 spiro atoms. The molecule has 0 unspecified atom stereocenters. The van der Waals surface area contributed by atoms with Crippen molar-refractivity contribution in [3.05, 3.63) is 45.4 Å². The minimum atomic E-state index is -1.03. The summed E-state index contributed by atoms with van der Waals surface area (Å²) >= 11 is 7.35. The van der Waals surface area contributed by atoms with Crippen LogP contribution < -0.4 is 4.90 Å². The first-order chi connectivity index (χ1) is 8.58. The lowest BCUT2D eigenvalue weighted by Gasteiger charge is -2.19. The van der Waals surface area contributed by atoms with Crippen LogP contribution in [-0.4, -0.2) is 23.1 Å². The van der Waals surface area contributed by atoms with Crippen molar-refractivity contribution in [1.29, 1.82) is 0 Å². The number of carbonyl (C=O) groups is 1. The number of aromatic carboxylic acids is 1. The first-order valence-corrected chi connectivity index (χ1v) is 6.41. The number of aromatic nitrogens is 1. The third-order valence-electron chi connectivity index (χ3n) is 2.42. The highest BCUT2D eigenvalue weighted by molar-refractivity contribution is 7.16. The quantitative estimate of drug-likeness (QED) is 0.936. The highest BCUT2D eigenvalue weighted by Gasteiger charge is 2.15. The zero-order valence-corrected chi connectivity index (χ0v) is 11.2. The Morgan fingerprint density at radius 3 is 2.89 bits per heavy atom. The van der Waals surface area contributed by atoms with Crippen LogP contribution in [0.4, 0.5) is 5.69 Å². The molecule has 0 amide bonds. The molecule has 0 bridgehead atoms. The molecule has 0 fully saturated rings.